The molecule has 0 aliphatic rings. The summed E-state index contributed by atoms with van der Waals surface area (Å²) in [5, 5.41) is 2.82. The Bertz CT molecular complexity index is 326. The maximum Gasteiger partial charge on any atom is 0.237 e. The number of carbonyl (C=O) groups is 1. The van der Waals surface area contributed by atoms with E-state index in [0.29, 0.717) is 6.54 Å². The Kier molecular flexibility index (Phi) is 4.06. The lowest BCUT2D eigenvalue weighted by molar-refractivity contribution is -0.124. The van der Waals surface area contributed by atoms with Crippen molar-refractivity contribution in [3.05, 3.63) is 18.2 Å². The van der Waals surface area contributed by atoms with Gasteiger partial charge >= 0.3 is 0 Å². The summed E-state index contributed by atoms with van der Waals surface area (Å²) in [7, 11) is 0. The number of nitrogens with zero attached hydrogens (tertiary/aromatic N) is 1. The predicted octanol–water partition coefficient (Wildman–Crippen LogP) is 0.442. The largest absolute Gasteiger partial charge is 0.354 e. The number of hydrogen-bond donors (Lipinski definition) is 3. The van der Waals surface area contributed by atoms with Crippen LogP contribution in [0.25, 0.3) is 0 Å². The summed E-state index contributed by atoms with van der Waals surface area (Å²) in [6, 6.07) is -0.478. The molecule has 0 bridgehead atoms. The zero-order chi connectivity index (χ0) is 12.2. The van der Waals surface area contributed by atoms with E-state index in [2.05, 4.69) is 15.3 Å². The molecule has 0 aliphatic carbocycles. The van der Waals surface area contributed by atoms with Crippen LogP contribution in [0, 0.1) is 5.41 Å². The van der Waals surface area contributed by atoms with Crippen LogP contribution in [-0.4, -0.2) is 28.5 Å². The number of amides is 1. The molecule has 0 aliphatic heterocycles. The highest BCUT2D eigenvalue weighted by Gasteiger charge is 2.26. The molecule has 5 nitrogen and oxygen atoms in total. The Morgan fingerprint density at radius 2 is 2.31 bits per heavy atom. The van der Waals surface area contributed by atoms with Crippen LogP contribution in [0.15, 0.2) is 12.5 Å². The van der Waals surface area contributed by atoms with Gasteiger partial charge in [-0.25, -0.2) is 4.98 Å². The molecular formula is C11H20N4O. The zero-order valence-electron chi connectivity index (χ0n) is 10.1. The topological polar surface area (TPSA) is 83.8 Å². The molecule has 1 heterocycles. The fraction of sp³-hybridized carbons (Fsp3) is 0.636. The number of aromatic nitrogens is 2. The second-order valence-corrected chi connectivity index (χ2v) is 4.96. The zero-order valence-corrected chi connectivity index (χ0v) is 10.1. The summed E-state index contributed by atoms with van der Waals surface area (Å²) < 4.78 is 0. The lowest BCUT2D eigenvalue weighted by Crippen LogP contribution is -2.49. The molecule has 0 fully saturated rings. The van der Waals surface area contributed by atoms with Gasteiger partial charge in [0.1, 0.15) is 0 Å². The summed E-state index contributed by atoms with van der Waals surface area (Å²) in [5.41, 5.74) is 6.62. The summed E-state index contributed by atoms with van der Waals surface area (Å²) >= 11 is 0. The lowest BCUT2D eigenvalue weighted by Gasteiger charge is -2.25. The van der Waals surface area contributed by atoms with Crippen molar-refractivity contribution in [3.63, 3.8) is 0 Å². The normalized spacial score (nSPS) is 13.5. The molecule has 1 aromatic rings. The lowest BCUT2D eigenvalue weighted by atomic mass is 9.87. The molecule has 0 spiro atoms. The third-order valence-corrected chi connectivity index (χ3v) is 2.46. The van der Waals surface area contributed by atoms with Gasteiger partial charge in [-0.2, -0.15) is 0 Å². The Hall–Kier alpha value is -1.36. The molecule has 5 heteroatoms. The van der Waals surface area contributed by atoms with E-state index in [9.17, 15) is 4.79 Å². The minimum absolute atomic E-state index is 0.105. The maximum atomic E-state index is 11.7. The molecular weight excluding hydrogens is 204 g/mol. The van der Waals surface area contributed by atoms with E-state index < -0.39 is 6.04 Å². The molecule has 1 aromatic heterocycles. The van der Waals surface area contributed by atoms with Crippen LogP contribution >= 0.6 is 0 Å². The van der Waals surface area contributed by atoms with Gasteiger partial charge in [0.2, 0.25) is 5.91 Å². The smallest absolute Gasteiger partial charge is 0.237 e. The summed E-state index contributed by atoms with van der Waals surface area (Å²) in [6.07, 6.45) is 4.11. The average molecular weight is 224 g/mol. The van der Waals surface area contributed by atoms with Crippen LogP contribution in [0.5, 0.6) is 0 Å². The minimum atomic E-state index is -0.478. The van der Waals surface area contributed by atoms with E-state index in [-0.39, 0.29) is 11.3 Å². The summed E-state index contributed by atoms with van der Waals surface area (Å²) in [6.45, 7) is 6.43. The molecule has 4 N–H and O–H groups in total. The summed E-state index contributed by atoms with van der Waals surface area (Å²) in [5.74, 6) is -0.105. The first-order valence-electron chi connectivity index (χ1n) is 5.42. The van der Waals surface area contributed by atoms with Crippen LogP contribution in [0.1, 0.15) is 26.5 Å². The van der Waals surface area contributed by atoms with E-state index in [4.69, 9.17) is 5.73 Å². The number of H-pyrrole nitrogens is 1. The Morgan fingerprint density at radius 3 is 2.81 bits per heavy atom. The van der Waals surface area contributed by atoms with Crippen LogP contribution in [0.4, 0.5) is 0 Å². The van der Waals surface area contributed by atoms with Crippen LogP contribution in [0.3, 0.4) is 0 Å². The molecule has 16 heavy (non-hydrogen) atoms. The first-order valence-corrected chi connectivity index (χ1v) is 5.42. The Balaban J connectivity index is 2.30. The van der Waals surface area contributed by atoms with Crippen molar-refractivity contribution in [2.45, 2.75) is 33.2 Å². The highest BCUT2D eigenvalue weighted by Crippen LogP contribution is 2.16. The van der Waals surface area contributed by atoms with Crippen molar-refractivity contribution in [2.75, 3.05) is 6.54 Å². The highest BCUT2D eigenvalue weighted by atomic mass is 16.2. The SMILES string of the molecule is CC(C)(C)C(N)C(=O)NCCc1cnc[nH]1. The van der Waals surface area contributed by atoms with E-state index in [1.807, 2.05) is 20.8 Å². The molecule has 0 saturated carbocycles. The minimum Gasteiger partial charge on any atom is -0.354 e. The maximum absolute atomic E-state index is 11.7. The van der Waals surface area contributed by atoms with E-state index in [1.165, 1.54) is 0 Å². The first kappa shape index (κ1) is 12.7. The molecule has 0 saturated heterocycles. The molecule has 1 atom stereocenters. The fourth-order valence-corrected chi connectivity index (χ4v) is 1.25. The standard InChI is InChI=1S/C11H20N4O/c1-11(2,3)9(12)10(16)14-5-4-8-6-13-7-15-8/h6-7,9H,4-5,12H2,1-3H3,(H,13,15)(H,14,16). The molecule has 1 rings (SSSR count). The monoisotopic (exact) mass is 224 g/mol. The molecule has 1 amide bonds. The Morgan fingerprint density at radius 1 is 1.62 bits per heavy atom. The van der Waals surface area contributed by atoms with Gasteiger partial charge < -0.3 is 16.0 Å². The fourth-order valence-electron chi connectivity index (χ4n) is 1.25. The molecule has 1 unspecified atom stereocenters. The highest BCUT2D eigenvalue weighted by molar-refractivity contribution is 5.82. The number of nitrogens with two attached hydrogens (primary N) is 1. The van der Waals surface area contributed by atoms with Gasteiger partial charge in [0.05, 0.1) is 12.4 Å². The number of rotatable bonds is 4. The third-order valence-electron chi connectivity index (χ3n) is 2.46. The van der Waals surface area contributed by atoms with Gasteiger partial charge in [-0.1, -0.05) is 20.8 Å². The average Bonchev–Trinajstić information content (AvgIpc) is 2.67. The van der Waals surface area contributed by atoms with Gasteiger partial charge in [-0.3, -0.25) is 4.79 Å². The van der Waals surface area contributed by atoms with Gasteiger partial charge in [0.15, 0.2) is 0 Å². The summed E-state index contributed by atoms with van der Waals surface area (Å²) in [4.78, 5) is 18.5. The van der Waals surface area contributed by atoms with E-state index in [0.717, 1.165) is 12.1 Å². The Labute approximate surface area is 95.8 Å². The number of imidazole rings is 1. The van der Waals surface area contributed by atoms with Gasteiger partial charge in [-0.15, -0.1) is 0 Å². The molecule has 0 radical (unpaired) electrons. The molecule has 0 aromatic carbocycles. The quantitative estimate of drug-likeness (QED) is 0.694. The number of nitrogens with one attached hydrogen (secondary N) is 2. The van der Waals surface area contributed by atoms with Crippen LogP contribution < -0.4 is 11.1 Å². The van der Waals surface area contributed by atoms with Gasteiger partial charge in [0, 0.05) is 24.9 Å². The number of carbonyl (C=O) groups excluding carboxylic acids is 1. The number of hydrogen-bond acceptors (Lipinski definition) is 3. The second-order valence-electron chi connectivity index (χ2n) is 4.96. The van der Waals surface area contributed by atoms with Crippen molar-refractivity contribution < 1.29 is 4.79 Å². The van der Waals surface area contributed by atoms with Crippen molar-refractivity contribution >= 4 is 5.91 Å². The molecule has 90 valence electrons. The number of aromatic amines is 1. The third kappa shape index (κ3) is 3.66. The van der Waals surface area contributed by atoms with E-state index >= 15 is 0 Å². The second kappa shape index (κ2) is 5.12. The van der Waals surface area contributed by atoms with Crippen LogP contribution in [0.2, 0.25) is 0 Å². The van der Waals surface area contributed by atoms with E-state index in [1.54, 1.807) is 12.5 Å². The van der Waals surface area contributed by atoms with Gasteiger partial charge in [-0.05, 0) is 5.41 Å². The van der Waals surface area contributed by atoms with Crippen molar-refractivity contribution in [1.29, 1.82) is 0 Å². The first-order chi connectivity index (χ1) is 7.41. The van der Waals surface area contributed by atoms with Crippen molar-refractivity contribution in [1.82, 2.24) is 15.3 Å². The van der Waals surface area contributed by atoms with Crippen molar-refractivity contribution in [2.24, 2.45) is 11.1 Å². The predicted molar refractivity (Wildman–Crippen MR) is 62.7 cm³/mol. The van der Waals surface area contributed by atoms with Gasteiger partial charge in [0.25, 0.3) is 0 Å². The van der Waals surface area contributed by atoms with Crippen molar-refractivity contribution in [3.8, 4) is 0 Å². The van der Waals surface area contributed by atoms with Crippen LogP contribution in [-0.2, 0) is 11.2 Å².